The third kappa shape index (κ3) is 2.65. The molecule has 0 bridgehead atoms. The van der Waals surface area contributed by atoms with E-state index >= 15 is 0 Å². The van der Waals surface area contributed by atoms with Crippen molar-refractivity contribution in [1.29, 1.82) is 0 Å². The van der Waals surface area contributed by atoms with E-state index in [-0.39, 0.29) is 17.9 Å². The summed E-state index contributed by atoms with van der Waals surface area (Å²) in [5, 5.41) is 0.591. The van der Waals surface area contributed by atoms with Crippen LogP contribution in [0.2, 0.25) is 5.02 Å². The summed E-state index contributed by atoms with van der Waals surface area (Å²) in [6.45, 7) is 5.74. The van der Waals surface area contributed by atoms with Crippen LogP contribution in [-0.2, 0) is 9.59 Å². The van der Waals surface area contributed by atoms with Crippen LogP contribution in [-0.4, -0.2) is 30.9 Å². The number of amides is 2. The minimum atomic E-state index is -0.252. The Hall–Kier alpha value is -1.39. The summed E-state index contributed by atoms with van der Waals surface area (Å²) < 4.78 is 0. The molecular formula is C14H18ClN2O2+. The standard InChI is InChI=1S/C14H17ClN2O2/c1-3-16(4-2)12-9-13(18)17(14(12)19)11-7-5-10(15)6-8-11/h5-8,12H,3-4,9H2,1-2H3/p+1/t12-/m0/s1. The second-order valence-corrected chi connectivity index (χ2v) is 5.10. The molecule has 0 radical (unpaired) electrons. The minimum Gasteiger partial charge on any atom is -0.325 e. The highest BCUT2D eigenvalue weighted by Crippen LogP contribution is 2.23. The molecule has 19 heavy (non-hydrogen) atoms. The SMILES string of the molecule is CC[NH+](CC)[C@H]1CC(=O)N(c2ccc(Cl)cc2)C1=O. The zero-order valence-corrected chi connectivity index (χ0v) is 11.9. The maximum Gasteiger partial charge on any atom is 0.292 e. The lowest BCUT2D eigenvalue weighted by Gasteiger charge is -2.21. The molecule has 0 saturated carbocycles. The molecule has 0 spiro atoms. The van der Waals surface area contributed by atoms with Crippen LogP contribution in [0.3, 0.4) is 0 Å². The molecular weight excluding hydrogens is 264 g/mol. The summed E-state index contributed by atoms with van der Waals surface area (Å²) in [5.41, 5.74) is 0.605. The summed E-state index contributed by atoms with van der Waals surface area (Å²) in [4.78, 5) is 26.9. The number of carbonyl (C=O) groups excluding carboxylic acids is 2. The fourth-order valence-electron chi connectivity index (χ4n) is 2.56. The molecule has 0 aromatic heterocycles. The van der Waals surface area contributed by atoms with Crippen LogP contribution in [0, 0.1) is 0 Å². The van der Waals surface area contributed by atoms with Crippen LogP contribution >= 0.6 is 11.6 Å². The number of hydrogen-bond donors (Lipinski definition) is 1. The van der Waals surface area contributed by atoms with Crippen LogP contribution in [0.5, 0.6) is 0 Å². The monoisotopic (exact) mass is 281 g/mol. The van der Waals surface area contributed by atoms with Crippen molar-refractivity contribution in [3.63, 3.8) is 0 Å². The molecule has 1 aromatic rings. The smallest absolute Gasteiger partial charge is 0.292 e. The van der Waals surface area contributed by atoms with Gasteiger partial charge in [-0.2, -0.15) is 0 Å². The van der Waals surface area contributed by atoms with Gasteiger partial charge < -0.3 is 4.90 Å². The number of carbonyl (C=O) groups is 2. The summed E-state index contributed by atoms with van der Waals surface area (Å²) in [5.74, 6) is -0.234. The van der Waals surface area contributed by atoms with Crippen molar-refractivity contribution in [3.8, 4) is 0 Å². The number of hydrogen-bond acceptors (Lipinski definition) is 2. The summed E-state index contributed by atoms with van der Waals surface area (Å²) in [6, 6.07) is 6.54. The predicted octanol–water partition coefficient (Wildman–Crippen LogP) is 0.897. The van der Waals surface area contributed by atoms with Gasteiger partial charge in [-0.05, 0) is 38.1 Å². The third-order valence-electron chi connectivity index (χ3n) is 3.63. The van der Waals surface area contributed by atoms with E-state index in [0.717, 1.165) is 18.0 Å². The van der Waals surface area contributed by atoms with Crippen molar-refractivity contribution in [3.05, 3.63) is 29.3 Å². The highest BCUT2D eigenvalue weighted by Gasteiger charge is 2.44. The molecule has 0 unspecified atom stereocenters. The molecule has 5 heteroatoms. The third-order valence-corrected chi connectivity index (χ3v) is 3.88. The maximum absolute atomic E-state index is 12.4. The largest absolute Gasteiger partial charge is 0.325 e. The zero-order valence-electron chi connectivity index (χ0n) is 11.1. The van der Waals surface area contributed by atoms with Gasteiger partial charge in [0.05, 0.1) is 25.2 Å². The van der Waals surface area contributed by atoms with Gasteiger partial charge in [0.15, 0.2) is 6.04 Å². The van der Waals surface area contributed by atoms with Gasteiger partial charge >= 0.3 is 0 Å². The van der Waals surface area contributed by atoms with E-state index in [1.54, 1.807) is 24.3 Å². The van der Waals surface area contributed by atoms with Crippen LogP contribution in [0.15, 0.2) is 24.3 Å². The fourth-order valence-corrected chi connectivity index (χ4v) is 2.68. The minimum absolute atomic E-state index is 0.106. The van der Waals surface area contributed by atoms with Crippen LogP contribution in [0.25, 0.3) is 0 Å². The molecule has 1 N–H and O–H groups in total. The van der Waals surface area contributed by atoms with E-state index in [0.29, 0.717) is 17.1 Å². The number of anilines is 1. The Kier molecular flexibility index (Phi) is 4.22. The van der Waals surface area contributed by atoms with E-state index in [4.69, 9.17) is 11.6 Å². The van der Waals surface area contributed by atoms with Crippen molar-refractivity contribution in [1.82, 2.24) is 0 Å². The number of halogens is 1. The number of imide groups is 1. The van der Waals surface area contributed by atoms with Crippen molar-refractivity contribution < 1.29 is 14.5 Å². The molecule has 2 rings (SSSR count). The molecule has 2 amide bonds. The van der Waals surface area contributed by atoms with E-state index < -0.39 is 0 Å². The molecule has 1 fully saturated rings. The van der Waals surface area contributed by atoms with Gasteiger partial charge in [-0.1, -0.05) is 11.6 Å². The topological polar surface area (TPSA) is 41.8 Å². The van der Waals surface area contributed by atoms with Gasteiger partial charge in [-0.15, -0.1) is 0 Å². The molecule has 1 aromatic carbocycles. The Morgan fingerprint density at radius 2 is 1.79 bits per heavy atom. The first kappa shape index (κ1) is 14.0. The van der Waals surface area contributed by atoms with Crippen LogP contribution < -0.4 is 9.80 Å². The quantitative estimate of drug-likeness (QED) is 0.833. The normalized spacial score (nSPS) is 19.6. The van der Waals surface area contributed by atoms with Crippen molar-refractivity contribution >= 4 is 29.1 Å². The maximum atomic E-state index is 12.4. The Balaban J connectivity index is 2.26. The van der Waals surface area contributed by atoms with Crippen molar-refractivity contribution in [2.75, 3.05) is 18.0 Å². The van der Waals surface area contributed by atoms with Gasteiger partial charge in [-0.25, -0.2) is 4.90 Å². The summed E-state index contributed by atoms with van der Waals surface area (Å²) in [7, 11) is 0. The van der Waals surface area contributed by atoms with Crippen LogP contribution in [0.4, 0.5) is 5.69 Å². The zero-order chi connectivity index (χ0) is 14.0. The molecule has 4 nitrogen and oxygen atoms in total. The van der Waals surface area contributed by atoms with Gasteiger partial charge in [0.1, 0.15) is 0 Å². The van der Waals surface area contributed by atoms with Crippen molar-refractivity contribution in [2.24, 2.45) is 0 Å². The highest BCUT2D eigenvalue weighted by molar-refractivity contribution is 6.30. The second kappa shape index (κ2) is 5.72. The first-order valence-electron chi connectivity index (χ1n) is 6.55. The molecule has 1 aliphatic heterocycles. The molecule has 0 aliphatic carbocycles. The Morgan fingerprint density at radius 3 is 2.32 bits per heavy atom. The molecule has 102 valence electrons. The molecule has 1 heterocycles. The molecule has 1 atom stereocenters. The predicted molar refractivity (Wildman–Crippen MR) is 74.4 cm³/mol. The number of benzene rings is 1. The van der Waals surface area contributed by atoms with Crippen molar-refractivity contribution in [2.45, 2.75) is 26.3 Å². The lowest BCUT2D eigenvalue weighted by atomic mass is 10.2. The first-order valence-corrected chi connectivity index (χ1v) is 6.93. The second-order valence-electron chi connectivity index (χ2n) is 4.67. The first-order chi connectivity index (χ1) is 9.08. The number of nitrogens with one attached hydrogen (secondary N) is 1. The van der Waals surface area contributed by atoms with Gasteiger partial charge in [0, 0.05) is 5.02 Å². The average molecular weight is 282 g/mol. The molecule has 1 aliphatic rings. The number of likely N-dealkylation sites (N-methyl/N-ethyl adjacent to an activating group) is 1. The lowest BCUT2D eigenvalue weighted by molar-refractivity contribution is -0.911. The Morgan fingerprint density at radius 1 is 1.21 bits per heavy atom. The molecule has 1 saturated heterocycles. The van der Waals surface area contributed by atoms with Gasteiger partial charge in [0.2, 0.25) is 5.91 Å². The van der Waals surface area contributed by atoms with E-state index in [9.17, 15) is 9.59 Å². The van der Waals surface area contributed by atoms with Crippen LogP contribution in [0.1, 0.15) is 20.3 Å². The average Bonchev–Trinajstić information content (AvgIpc) is 2.68. The lowest BCUT2D eigenvalue weighted by Crippen LogP contribution is -3.16. The van der Waals surface area contributed by atoms with Gasteiger partial charge in [0.25, 0.3) is 5.91 Å². The van der Waals surface area contributed by atoms with E-state index in [1.165, 1.54) is 4.90 Å². The number of quaternary nitrogens is 1. The Labute approximate surface area is 117 Å². The van der Waals surface area contributed by atoms with Gasteiger partial charge in [-0.3, -0.25) is 9.59 Å². The summed E-state index contributed by atoms with van der Waals surface area (Å²) in [6.07, 6.45) is 0.290. The van der Waals surface area contributed by atoms with E-state index in [2.05, 4.69) is 0 Å². The fraction of sp³-hybridized carbons (Fsp3) is 0.429. The summed E-state index contributed by atoms with van der Waals surface area (Å²) >= 11 is 5.82. The Bertz CT molecular complexity index is 483. The number of rotatable bonds is 4. The highest BCUT2D eigenvalue weighted by atomic mass is 35.5. The van der Waals surface area contributed by atoms with E-state index in [1.807, 2.05) is 13.8 Å². The number of nitrogens with zero attached hydrogens (tertiary/aromatic N) is 1.